The summed E-state index contributed by atoms with van der Waals surface area (Å²) in [5, 5.41) is 18.1. The molecule has 5 heteroatoms. The van der Waals surface area contributed by atoms with Gasteiger partial charge in [0, 0.05) is 12.0 Å². The molecular weight excluding hydrogens is 308 g/mol. The molecule has 2 N–H and O–H groups in total. The first-order chi connectivity index (χ1) is 11.5. The predicted molar refractivity (Wildman–Crippen MR) is 88.7 cm³/mol. The van der Waals surface area contributed by atoms with Crippen molar-refractivity contribution in [3.8, 4) is 23.3 Å². The molecule has 0 aliphatic heterocycles. The third kappa shape index (κ3) is 4.62. The second-order valence-corrected chi connectivity index (χ2v) is 5.03. The summed E-state index contributed by atoms with van der Waals surface area (Å²) in [6.45, 7) is 2.06. The van der Waals surface area contributed by atoms with E-state index in [1.807, 2.05) is 0 Å². The Balaban J connectivity index is 2.23. The number of carboxylic acids is 2. The molecule has 0 heterocycles. The maximum absolute atomic E-state index is 11.1. The summed E-state index contributed by atoms with van der Waals surface area (Å²) in [5.41, 5.74) is 0.556. The molecule has 2 aromatic carbocycles. The molecule has 0 radical (unpaired) electrons. The molecule has 122 valence electrons. The average molecular weight is 324 g/mol. The molecule has 0 aliphatic rings. The van der Waals surface area contributed by atoms with Crippen molar-refractivity contribution in [1.29, 1.82) is 0 Å². The normalized spacial score (nSPS) is 9.71. The lowest BCUT2D eigenvalue weighted by molar-refractivity contribution is 0.0696. The zero-order chi connectivity index (χ0) is 17.5. The fourth-order valence-corrected chi connectivity index (χ4v) is 1.94. The van der Waals surface area contributed by atoms with E-state index < -0.39 is 11.9 Å². The number of rotatable bonds is 5. The highest BCUT2D eigenvalue weighted by atomic mass is 16.5. The summed E-state index contributed by atoms with van der Waals surface area (Å²) in [5.74, 6) is 4.24. The minimum absolute atomic E-state index is 0.146. The van der Waals surface area contributed by atoms with Gasteiger partial charge >= 0.3 is 11.9 Å². The molecule has 24 heavy (non-hydrogen) atoms. The van der Waals surface area contributed by atoms with Crippen LogP contribution in [0.2, 0.25) is 0 Å². The van der Waals surface area contributed by atoms with E-state index in [4.69, 9.17) is 14.9 Å². The van der Waals surface area contributed by atoms with Crippen LogP contribution in [-0.4, -0.2) is 22.2 Å². The topological polar surface area (TPSA) is 83.8 Å². The van der Waals surface area contributed by atoms with E-state index in [0.717, 1.165) is 24.5 Å². The number of benzene rings is 2. The summed E-state index contributed by atoms with van der Waals surface area (Å²) in [4.78, 5) is 22.2. The molecule has 0 bridgehead atoms. The minimum atomic E-state index is -1.22. The highest BCUT2D eigenvalue weighted by Crippen LogP contribution is 2.24. The number of unbranched alkanes of at least 4 members (excludes halogenated alkanes) is 1. The maximum Gasteiger partial charge on any atom is 0.335 e. The molecule has 0 unspecified atom stereocenters. The van der Waals surface area contributed by atoms with Gasteiger partial charge in [0.25, 0.3) is 0 Å². The van der Waals surface area contributed by atoms with Gasteiger partial charge in [-0.15, -0.1) is 0 Å². The van der Waals surface area contributed by atoms with Crippen LogP contribution < -0.4 is 4.74 Å². The van der Waals surface area contributed by atoms with Crippen molar-refractivity contribution in [3.05, 3.63) is 59.2 Å². The number of carboxylic acid groups (broad SMARTS) is 2. The number of ether oxygens (including phenoxy) is 1. The van der Waals surface area contributed by atoms with Crippen LogP contribution >= 0.6 is 0 Å². The lowest BCUT2D eigenvalue weighted by Crippen LogP contribution is -2.03. The molecule has 0 fully saturated rings. The number of hydrogen-bond donors (Lipinski definition) is 2. The van der Waals surface area contributed by atoms with Crippen LogP contribution in [0, 0.1) is 11.8 Å². The van der Waals surface area contributed by atoms with Crippen molar-refractivity contribution in [1.82, 2.24) is 0 Å². The number of aromatic carboxylic acids is 2. The third-order valence-corrected chi connectivity index (χ3v) is 3.10. The molecule has 2 aromatic rings. The van der Waals surface area contributed by atoms with E-state index in [-0.39, 0.29) is 16.9 Å². The monoisotopic (exact) mass is 324 g/mol. The van der Waals surface area contributed by atoms with Crippen molar-refractivity contribution in [3.63, 3.8) is 0 Å². The lowest BCUT2D eigenvalue weighted by atomic mass is 10.1. The summed E-state index contributed by atoms with van der Waals surface area (Å²) >= 11 is 0. The largest absolute Gasteiger partial charge is 0.478 e. The molecule has 0 spiro atoms. The van der Waals surface area contributed by atoms with Crippen LogP contribution in [0.15, 0.2) is 42.5 Å². The number of carbonyl (C=O) groups is 2. The Morgan fingerprint density at radius 3 is 2.04 bits per heavy atom. The summed E-state index contributed by atoms with van der Waals surface area (Å²) in [6, 6.07) is 10.6. The van der Waals surface area contributed by atoms with Crippen molar-refractivity contribution in [2.75, 3.05) is 0 Å². The fraction of sp³-hybridized carbons (Fsp3) is 0.158. The summed E-state index contributed by atoms with van der Waals surface area (Å²) in [7, 11) is 0. The summed E-state index contributed by atoms with van der Waals surface area (Å²) in [6.07, 6.45) is 1.83. The van der Waals surface area contributed by atoms with Gasteiger partial charge in [-0.25, -0.2) is 9.59 Å². The van der Waals surface area contributed by atoms with Gasteiger partial charge in [0.1, 0.15) is 11.5 Å². The van der Waals surface area contributed by atoms with Crippen LogP contribution in [0.5, 0.6) is 11.5 Å². The van der Waals surface area contributed by atoms with Gasteiger partial charge in [0.2, 0.25) is 0 Å². The van der Waals surface area contributed by atoms with Crippen LogP contribution in [0.4, 0.5) is 0 Å². The Labute approximate surface area is 139 Å². The minimum Gasteiger partial charge on any atom is -0.478 e. The highest BCUT2D eigenvalue weighted by molar-refractivity contribution is 5.94. The predicted octanol–water partition coefficient (Wildman–Crippen LogP) is 4.03. The van der Waals surface area contributed by atoms with Gasteiger partial charge < -0.3 is 14.9 Å². The van der Waals surface area contributed by atoms with E-state index >= 15 is 0 Å². The average Bonchev–Trinajstić information content (AvgIpc) is 2.56. The lowest BCUT2D eigenvalue weighted by Gasteiger charge is -2.08. The molecule has 5 nitrogen and oxygen atoms in total. The molecule has 0 saturated carbocycles. The zero-order valence-corrected chi connectivity index (χ0v) is 13.1. The second kappa shape index (κ2) is 7.84. The van der Waals surface area contributed by atoms with Gasteiger partial charge in [-0.3, -0.25) is 0 Å². The quantitative estimate of drug-likeness (QED) is 0.811. The van der Waals surface area contributed by atoms with E-state index in [1.54, 1.807) is 24.3 Å². The Hall–Kier alpha value is -3.26. The Morgan fingerprint density at radius 1 is 0.958 bits per heavy atom. The second-order valence-electron chi connectivity index (χ2n) is 5.03. The third-order valence-electron chi connectivity index (χ3n) is 3.10. The molecule has 0 amide bonds. The van der Waals surface area contributed by atoms with Crippen molar-refractivity contribution in [2.24, 2.45) is 0 Å². The van der Waals surface area contributed by atoms with Crippen LogP contribution in [-0.2, 0) is 0 Å². The Morgan fingerprint density at radius 2 is 1.54 bits per heavy atom. The van der Waals surface area contributed by atoms with E-state index in [2.05, 4.69) is 18.8 Å². The Bertz CT molecular complexity index is 778. The van der Waals surface area contributed by atoms with Gasteiger partial charge in [0.05, 0.1) is 11.1 Å². The SMILES string of the molecule is CCCC#Cc1ccc(Oc2cc(C(=O)O)cc(C(=O)O)c2)cc1. The molecular formula is C19H16O5. The molecule has 2 rings (SSSR count). The smallest absolute Gasteiger partial charge is 0.335 e. The van der Waals surface area contributed by atoms with E-state index in [9.17, 15) is 9.59 Å². The molecule has 0 atom stereocenters. The van der Waals surface area contributed by atoms with Gasteiger partial charge in [-0.1, -0.05) is 18.8 Å². The van der Waals surface area contributed by atoms with Crippen molar-refractivity contribution >= 4 is 11.9 Å². The van der Waals surface area contributed by atoms with Crippen LogP contribution in [0.3, 0.4) is 0 Å². The van der Waals surface area contributed by atoms with Gasteiger partial charge in [-0.2, -0.15) is 0 Å². The first kappa shape index (κ1) is 17.1. The maximum atomic E-state index is 11.1. The van der Waals surface area contributed by atoms with E-state index in [0.29, 0.717) is 5.75 Å². The summed E-state index contributed by atoms with van der Waals surface area (Å²) < 4.78 is 5.57. The van der Waals surface area contributed by atoms with Gasteiger partial charge in [-0.05, 0) is 48.9 Å². The van der Waals surface area contributed by atoms with Crippen LogP contribution in [0.1, 0.15) is 46.0 Å². The first-order valence-corrected chi connectivity index (χ1v) is 7.38. The standard InChI is InChI=1S/C19H16O5/c1-2-3-4-5-13-6-8-16(9-7-13)24-17-11-14(18(20)21)10-15(12-17)19(22)23/h6-12H,2-3H2,1H3,(H,20,21)(H,22,23). The molecule has 0 aromatic heterocycles. The molecule has 0 saturated heterocycles. The highest BCUT2D eigenvalue weighted by Gasteiger charge is 2.12. The Kier molecular flexibility index (Phi) is 5.58. The fourth-order valence-electron chi connectivity index (χ4n) is 1.94. The number of hydrogen-bond acceptors (Lipinski definition) is 3. The molecule has 0 aliphatic carbocycles. The van der Waals surface area contributed by atoms with Crippen LogP contribution in [0.25, 0.3) is 0 Å². The van der Waals surface area contributed by atoms with E-state index in [1.165, 1.54) is 12.1 Å². The zero-order valence-electron chi connectivity index (χ0n) is 13.1. The van der Waals surface area contributed by atoms with Gasteiger partial charge in [0.15, 0.2) is 0 Å². The first-order valence-electron chi connectivity index (χ1n) is 7.38. The van der Waals surface area contributed by atoms with Crippen molar-refractivity contribution < 1.29 is 24.5 Å². The van der Waals surface area contributed by atoms with Crippen molar-refractivity contribution in [2.45, 2.75) is 19.8 Å².